The molecule has 1 saturated heterocycles. The van der Waals surface area contributed by atoms with Crippen molar-refractivity contribution in [3.8, 4) is 5.75 Å². The van der Waals surface area contributed by atoms with E-state index in [1.165, 1.54) is 18.4 Å². The molecule has 1 N–H and O–H groups in total. The Morgan fingerprint density at radius 2 is 2.11 bits per heavy atom. The van der Waals surface area contributed by atoms with Crippen LogP contribution in [0.4, 0.5) is 0 Å². The number of hydrogen-bond donors (Lipinski definition) is 1. The molecule has 100 valence electrons. The van der Waals surface area contributed by atoms with Gasteiger partial charge in [0.05, 0.1) is 18.8 Å². The Morgan fingerprint density at radius 3 is 2.67 bits per heavy atom. The first-order valence-corrected chi connectivity index (χ1v) is 6.86. The maximum atomic E-state index is 5.87. The molecular weight excluding hydrogens is 226 g/mol. The molecule has 2 unspecified atom stereocenters. The van der Waals surface area contributed by atoms with E-state index in [-0.39, 0.29) is 6.04 Å². The maximum Gasteiger partial charge on any atom is 0.119 e. The molecule has 0 aromatic heterocycles. The van der Waals surface area contributed by atoms with Crippen molar-refractivity contribution in [2.75, 3.05) is 20.3 Å². The molecule has 1 heterocycles. The quantitative estimate of drug-likeness (QED) is 0.870. The molecule has 3 nitrogen and oxygen atoms in total. The monoisotopic (exact) mass is 249 g/mol. The van der Waals surface area contributed by atoms with Crippen LogP contribution in [0.25, 0.3) is 0 Å². The molecule has 0 aliphatic carbocycles. The van der Waals surface area contributed by atoms with Crippen molar-refractivity contribution in [2.24, 2.45) is 0 Å². The summed E-state index contributed by atoms with van der Waals surface area (Å²) < 4.78 is 11.3. The third-order valence-electron chi connectivity index (χ3n) is 3.45. The highest BCUT2D eigenvalue weighted by Gasteiger charge is 2.24. The number of hydrogen-bond acceptors (Lipinski definition) is 3. The van der Waals surface area contributed by atoms with Gasteiger partial charge in [-0.1, -0.05) is 12.1 Å². The van der Waals surface area contributed by atoms with Crippen LogP contribution >= 0.6 is 0 Å². The van der Waals surface area contributed by atoms with Crippen molar-refractivity contribution in [3.63, 3.8) is 0 Å². The summed E-state index contributed by atoms with van der Waals surface area (Å²) in [6.07, 6.45) is 3.89. The third-order valence-corrected chi connectivity index (χ3v) is 3.45. The van der Waals surface area contributed by atoms with Gasteiger partial charge in [-0.05, 0) is 50.9 Å². The van der Waals surface area contributed by atoms with E-state index in [9.17, 15) is 0 Å². The van der Waals surface area contributed by atoms with E-state index in [0.717, 1.165) is 18.8 Å². The summed E-state index contributed by atoms with van der Waals surface area (Å²) >= 11 is 0. The van der Waals surface area contributed by atoms with Crippen LogP contribution in [0, 0.1) is 0 Å². The van der Waals surface area contributed by atoms with Crippen LogP contribution in [-0.2, 0) is 4.74 Å². The molecular formula is C15H23NO2. The SMILES string of the molecule is CCOc1ccc(C(NC)C2CCCCO2)cc1. The molecule has 1 fully saturated rings. The van der Waals surface area contributed by atoms with Gasteiger partial charge < -0.3 is 14.8 Å². The average molecular weight is 249 g/mol. The fraction of sp³-hybridized carbons (Fsp3) is 0.600. The minimum absolute atomic E-state index is 0.279. The van der Waals surface area contributed by atoms with E-state index in [4.69, 9.17) is 9.47 Å². The van der Waals surface area contributed by atoms with Gasteiger partial charge in [0.1, 0.15) is 5.75 Å². The first-order valence-electron chi connectivity index (χ1n) is 6.86. The van der Waals surface area contributed by atoms with Crippen LogP contribution in [0.5, 0.6) is 5.75 Å². The first-order chi connectivity index (χ1) is 8.85. The summed E-state index contributed by atoms with van der Waals surface area (Å²) in [5, 5.41) is 3.37. The Kier molecular flexibility index (Phi) is 5.02. The summed E-state index contributed by atoms with van der Waals surface area (Å²) in [6.45, 7) is 3.60. The maximum absolute atomic E-state index is 5.87. The highest BCUT2D eigenvalue weighted by molar-refractivity contribution is 5.29. The van der Waals surface area contributed by atoms with Crippen molar-refractivity contribution >= 4 is 0 Å². The lowest BCUT2D eigenvalue weighted by Gasteiger charge is -2.30. The van der Waals surface area contributed by atoms with E-state index in [1.54, 1.807) is 0 Å². The smallest absolute Gasteiger partial charge is 0.119 e. The third kappa shape index (κ3) is 3.24. The van der Waals surface area contributed by atoms with Crippen molar-refractivity contribution < 1.29 is 9.47 Å². The molecule has 0 spiro atoms. The Balaban J connectivity index is 2.06. The van der Waals surface area contributed by atoms with Crippen molar-refractivity contribution in [2.45, 2.75) is 38.3 Å². The molecule has 2 rings (SSSR count). The Labute approximate surface area is 109 Å². The van der Waals surface area contributed by atoms with E-state index in [2.05, 4.69) is 17.4 Å². The van der Waals surface area contributed by atoms with Gasteiger partial charge in [0.25, 0.3) is 0 Å². The molecule has 0 radical (unpaired) electrons. The second-order valence-electron chi connectivity index (χ2n) is 4.67. The normalized spacial score (nSPS) is 21.6. The zero-order chi connectivity index (χ0) is 12.8. The largest absolute Gasteiger partial charge is 0.494 e. The molecule has 0 amide bonds. The standard InChI is InChI=1S/C15H23NO2/c1-3-17-13-9-7-12(8-10-13)15(16-2)14-6-4-5-11-18-14/h7-10,14-16H,3-6,11H2,1-2H3. The van der Waals surface area contributed by atoms with Crippen LogP contribution in [-0.4, -0.2) is 26.4 Å². The summed E-state index contributed by atoms with van der Waals surface area (Å²) in [5.74, 6) is 0.931. The van der Waals surface area contributed by atoms with Gasteiger partial charge in [-0.2, -0.15) is 0 Å². The molecule has 18 heavy (non-hydrogen) atoms. The number of nitrogens with one attached hydrogen (secondary N) is 1. The van der Waals surface area contributed by atoms with Crippen LogP contribution in [0.3, 0.4) is 0 Å². The van der Waals surface area contributed by atoms with Gasteiger partial charge in [0.2, 0.25) is 0 Å². The van der Waals surface area contributed by atoms with Crippen molar-refractivity contribution in [3.05, 3.63) is 29.8 Å². The van der Waals surface area contributed by atoms with Gasteiger partial charge >= 0.3 is 0 Å². The van der Waals surface area contributed by atoms with Crippen LogP contribution in [0.2, 0.25) is 0 Å². The molecule has 1 aromatic carbocycles. The summed E-state index contributed by atoms with van der Waals surface area (Å²) in [5.41, 5.74) is 1.27. The lowest BCUT2D eigenvalue weighted by molar-refractivity contribution is -0.00662. The van der Waals surface area contributed by atoms with E-state index in [1.807, 2.05) is 26.1 Å². The van der Waals surface area contributed by atoms with Crippen LogP contribution < -0.4 is 10.1 Å². The van der Waals surface area contributed by atoms with Crippen molar-refractivity contribution in [1.29, 1.82) is 0 Å². The Morgan fingerprint density at radius 1 is 1.33 bits per heavy atom. The average Bonchev–Trinajstić information content (AvgIpc) is 2.43. The zero-order valence-electron chi connectivity index (χ0n) is 11.3. The second kappa shape index (κ2) is 6.76. The highest BCUT2D eigenvalue weighted by Crippen LogP contribution is 2.27. The summed E-state index contributed by atoms with van der Waals surface area (Å²) in [4.78, 5) is 0. The molecule has 0 saturated carbocycles. The second-order valence-corrected chi connectivity index (χ2v) is 4.67. The van der Waals surface area contributed by atoms with Gasteiger partial charge in [-0.15, -0.1) is 0 Å². The number of benzene rings is 1. The van der Waals surface area contributed by atoms with Gasteiger partial charge in [0, 0.05) is 6.61 Å². The molecule has 1 aliphatic heterocycles. The Bertz CT molecular complexity index is 344. The lowest BCUT2D eigenvalue weighted by Crippen LogP contribution is -2.34. The zero-order valence-corrected chi connectivity index (χ0v) is 11.3. The van der Waals surface area contributed by atoms with E-state index >= 15 is 0 Å². The minimum Gasteiger partial charge on any atom is -0.494 e. The predicted octanol–water partition coefficient (Wildman–Crippen LogP) is 2.91. The van der Waals surface area contributed by atoms with E-state index < -0.39 is 0 Å². The minimum atomic E-state index is 0.279. The predicted molar refractivity (Wildman–Crippen MR) is 73.0 cm³/mol. The molecule has 3 heteroatoms. The fourth-order valence-electron chi connectivity index (χ4n) is 2.53. The topological polar surface area (TPSA) is 30.5 Å². The van der Waals surface area contributed by atoms with Crippen LogP contribution in [0.15, 0.2) is 24.3 Å². The van der Waals surface area contributed by atoms with Crippen molar-refractivity contribution in [1.82, 2.24) is 5.32 Å². The summed E-state index contributed by atoms with van der Waals surface area (Å²) in [7, 11) is 2.00. The fourth-order valence-corrected chi connectivity index (χ4v) is 2.53. The summed E-state index contributed by atoms with van der Waals surface area (Å²) in [6, 6.07) is 8.60. The van der Waals surface area contributed by atoms with Gasteiger partial charge in [-0.3, -0.25) is 0 Å². The van der Waals surface area contributed by atoms with E-state index in [0.29, 0.717) is 12.7 Å². The Hall–Kier alpha value is -1.06. The number of likely N-dealkylation sites (N-methyl/N-ethyl adjacent to an activating group) is 1. The number of ether oxygens (including phenoxy) is 2. The molecule has 0 bridgehead atoms. The van der Waals surface area contributed by atoms with Gasteiger partial charge in [-0.25, -0.2) is 0 Å². The molecule has 1 aliphatic rings. The van der Waals surface area contributed by atoms with Gasteiger partial charge in [0.15, 0.2) is 0 Å². The molecule has 2 atom stereocenters. The highest BCUT2D eigenvalue weighted by atomic mass is 16.5. The molecule has 1 aromatic rings. The first kappa shape index (κ1) is 13.4. The lowest BCUT2D eigenvalue weighted by atomic mass is 9.96. The van der Waals surface area contributed by atoms with Crippen LogP contribution in [0.1, 0.15) is 37.8 Å². The number of rotatable bonds is 5.